The summed E-state index contributed by atoms with van der Waals surface area (Å²) in [5.74, 6) is -1.14. The number of pyridine rings is 1. The molecular formula is C22H14F2N4O2. The average molecular weight is 404 g/mol. The quantitative estimate of drug-likeness (QED) is 0.509. The van der Waals surface area contributed by atoms with E-state index >= 15 is 0 Å². The van der Waals surface area contributed by atoms with Crippen LogP contribution in [0.1, 0.15) is 23.3 Å². The van der Waals surface area contributed by atoms with Gasteiger partial charge in [0.05, 0.1) is 11.0 Å². The predicted molar refractivity (Wildman–Crippen MR) is 104 cm³/mol. The number of aromatic nitrogens is 3. The molecule has 0 spiro atoms. The highest BCUT2D eigenvalue weighted by Gasteiger charge is 2.38. The first-order valence-corrected chi connectivity index (χ1v) is 9.18. The molecule has 1 aliphatic rings. The minimum absolute atomic E-state index is 0.173. The van der Waals surface area contributed by atoms with Crippen molar-refractivity contribution in [1.29, 1.82) is 0 Å². The van der Waals surface area contributed by atoms with E-state index in [2.05, 4.69) is 20.3 Å². The first-order chi connectivity index (χ1) is 14.6. The van der Waals surface area contributed by atoms with Crippen LogP contribution in [0.15, 0.2) is 67.1 Å². The number of nitrogens with zero attached hydrogens (tertiary/aromatic N) is 3. The SMILES string of the molecule is O=C1N[C@H](c2cc(-c3ccc4nccnc4c3)cnc2F)[C@@H](c2ccc(F)cc2)O1. The monoisotopic (exact) mass is 404 g/mol. The van der Waals surface area contributed by atoms with Gasteiger partial charge in [0.2, 0.25) is 5.95 Å². The molecule has 2 atom stereocenters. The lowest BCUT2D eigenvalue weighted by Crippen LogP contribution is -2.21. The topological polar surface area (TPSA) is 77.0 Å². The van der Waals surface area contributed by atoms with Gasteiger partial charge >= 0.3 is 6.09 Å². The van der Waals surface area contributed by atoms with Crippen LogP contribution in [0.2, 0.25) is 0 Å². The molecule has 148 valence electrons. The van der Waals surface area contributed by atoms with Crippen LogP contribution in [0.4, 0.5) is 13.6 Å². The number of carbonyl (C=O) groups is 1. The highest BCUT2D eigenvalue weighted by molar-refractivity contribution is 5.81. The second-order valence-corrected chi connectivity index (χ2v) is 6.86. The van der Waals surface area contributed by atoms with Crippen LogP contribution in [0.5, 0.6) is 0 Å². The van der Waals surface area contributed by atoms with Gasteiger partial charge in [-0.1, -0.05) is 18.2 Å². The fourth-order valence-corrected chi connectivity index (χ4v) is 3.56. The number of hydrogen-bond donors (Lipinski definition) is 1. The van der Waals surface area contributed by atoms with Crippen LogP contribution in [0.25, 0.3) is 22.2 Å². The second-order valence-electron chi connectivity index (χ2n) is 6.86. The first-order valence-electron chi connectivity index (χ1n) is 9.18. The Balaban J connectivity index is 1.56. The van der Waals surface area contributed by atoms with Gasteiger partial charge in [-0.2, -0.15) is 4.39 Å². The van der Waals surface area contributed by atoms with Crippen molar-refractivity contribution in [2.45, 2.75) is 12.1 Å². The molecule has 6 nitrogen and oxygen atoms in total. The minimum atomic E-state index is -0.813. The number of rotatable bonds is 3. The highest BCUT2D eigenvalue weighted by atomic mass is 19.1. The lowest BCUT2D eigenvalue weighted by Gasteiger charge is -2.18. The number of amides is 1. The zero-order valence-electron chi connectivity index (χ0n) is 15.4. The van der Waals surface area contributed by atoms with Crippen molar-refractivity contribution in [2.24, 2.45) is 0 Å². The molecule has 0 unspecified atom stereocenters. The van der Waals surface area contributed by atoms with E-state index in [9.17, 15) is 13.6 Å². The van der Waals surface area contributed by atoms with Crippen molar-refractivity contribution in [1.82, 2.24) is 20.3 Å². The summed E-state index contributed by atoms with van der Waals surface area (Å²) in [6.45, 7) is 0. The Hall–Kier alpha value is -3.94. The van der Waals surface area contributed by atoms with E-state index in [1.165, 1.54) is 30.5 Å². The van der Waals surface area contributed by atoms with Crippen LogP contribution in [0, 0.1) is 11.8 Å². The van der Waals surface area contributed by atoms with Crippen LogP contribution >= 0.6 is 0 Å². The second kappa shape index (κ2) is 7.14. The average Bonchev–Trinajstić information content (AvgIpc) is 3.15. The third-order valence-electron chi connectivity index (χ3n) is 5.01. The van der Waals surface area contributed by atoms with Gasteiger partial charge in [-0.05, 0) is 41.5 Å². The van der Waals surface area contributed by atoms with Crippen molar-refractivity contribution in [3.8, 4) is 11.1 Å². The van der Waals surface area contributed by atoms with Crippen LogP contribution in [-0.2, 0) is 4.74 Å². The van der Waals surface area contributed by atoms with Gasteiger partial charge < -0.3 is 10.1 Å². The molecule has 5 rings (SSSR count). The van der Waals surface area contributed by atoms with Crippen LogP contribution < -0.4 is 5.32 Å². The molecular weight excluding hydrogens is 390 g/mol. The lowest BCUT2D eigenvalue weighted by molar-refractivity contribution is 0.131. The summed E-state index contributed by atoms with van der Waals surface area (Å²) in [7, 11) is 0. The largest absolute Gasteiger partial charge is 0.439 e. The van der Waals surface area contributed by atoms with E-state index in [1.807, 2.05) is 18.2 Å². The number of fused-ring (bicyclic) bond motifs is 1. The zero-order chi connectivity index (χ0) is 20.7. The summed E-state index contributed by atoms with van der Waals surface area (Å²) < 4.78 is 33.3. The third kappa shape index (κ3) is 3.22. The van der Waals surface area contributed by atoms with Crippen molar-refractivity contribution < 1.29 is 18.3 Å². The zero-order valence-corrected chi connectivity index (χ0v) is 15.4. The number of nitrogens with one attached hydrogen (secondary N) is 1. The van der Waals surface area contributed by atoms with E-state index in [1.54, 1.807) is 18.5 Å². The Labute approximate surface area is 169 Å². The number of cyclic esters (lactones) is 1. The maximum Gasteiger partial charge on any atom is 0.408 e. The summed E-state index contributed by atoms with van der Waals surface area (Å²) in [5.41, 5.74) is 3.59. The Morgan fingerprint density at radius 1 is 0.867 bits per heavy atom. The number of ether oxygens (including phenoxy) is 1. The predicted octanol–water partition coefficient (Wildman–Crippen LogP) is 4.49. The molecule has 0 saturated carbocycles. The Bertz CT molecular complexity index is 1260. The van der Waals surface area contributed by atoms with Gasteiger partial charge in [0.1, 0.15) is 11.9 Å². The molecule has 8 heteroatoms. The summed E-state index contributed by atoms with van der Waals surface area (Å²) >= 11 is 0. The highest BCUT2D eigenvalue weighted by Crippen LogP contribution is 2.38. The number of hydrogen-bond acceptors (Lipinski definition) is 5. The smallest absolute Gasteiger partial charge is 0.408 e. The lowest BCUT2D eigenvalue weighted by atomic mass is 9.95. The Kier molecular flexibility index (Phi) is 4.31. The normalized spacial score (nSPS) is 18.3. The minimum Gasteiger partial charge on any atom is -0.439 e. The molecule has 2 aromatic carbocycles. The van der Waals surface area contributed by atoms with Crippen molar-refractivity contribution in [2.75, 3.05) is 0 Å². The van der Waals surface area contributed by atoms with E-state index in [0.717, 1.165) is 11.1 Å². The van der Waals surface area contributed by atoms with E-state index in [0.29, 0.717) is 16.6 Å². The summed E-state index contributed by atoms with van der Waals surface area (Å²) in [6, 6.07) is 11.8. The van der Waals surface area contributed by atoms with Gasteiger partial charge in [-0.15, -0.1) is 0 Å². The van der Waals surface area contributed by atoms with Crippen molar-refractivity contribution in [3.63, 3.8) is 0 Å². The molecule has 1 saturated heterocycles. The number of halogens is 2. The van der Waals surface area contributed by atoms with E-state index < -0.39 is 30.0 Å². The van der Waals surface area contributed by atoms with E-state index in [-0.39, 0.29) is 5.56 Å². The molecule has 0 bridgehead atoms. The summed E-state index contributed by atoms with van der Waals surface area (Å²) in [5, 5.41) is 2.63. The number of carbonyl (C=O) groups excluding carboxylic acids is 1. The maximum absolute atomic E-state index is 14.7. The van der Waals surface area contributed by atoms with Crippen LogP contribution in [0.3, 0.4) is 0 Å². The molecule has 1 aliphatic heterocycles. The van der Waals surface area contributed by atoms with Crippen LogP contribution in [-0.4, -0.2) is 21.0 Å². The molecule has 4 aromatic rings. The van der Waals surface area contributed by atoms with Gasteiger partial charge in [-0.3, -0.25) is 9.97 Å². The summed E-state index contributed by atoms with van der Waals surface area (Å²) in [6.07, 6.45) is 3.13. The molecule has 1 N–H and O–H groups in total. The molecule has 1 fully saturated rings. The van der Waals surface area contributed by atoms with Gasteiger partial charge in [0, 0.05) is 29.7 Å². The Morgan fingerprint density at radius 2 is 1.63 bits per heavy atom. The van der Waals surface area contributed by atoms with E-state index in [4.69, 9.17) is 4.74 Å². The van der Waals surface area contributed by atoms with Gasteiger partial charge in [0.25, 0.3) is 0 Å². The number of benzene rings is 2. The Morgan fingerprint density at radius 3 is 2.43 bits per heavy atom. The first kappa shape index (κ1) is 18.1. The molecule has 0 radical (unpaired) electrons. The molecule has 3 heterocycles. The fraction of sp³-hybridized carbons (Fsp3) is 0.0909. The van der Waals surface area contributed by atoms with Crippen molar-refractivity contribution in [3.05, 3.63) is 90.0 Å². The standard InChI is InChI=1S/C22H14F2N4O2/c23-15-4-1-12(2-5-15)20-19(28-22(29)30-20)16-9-14(11-27-21(16)24)13-3-6-17-18(10-13)26-8-7-25-17/h1-11,19-20H,(H,28,29)/t19-,20-/m1/s1. The molecule has 1 amide bonds. The van der Waals surface area contributed by atoms with Gasteiger partial charge in [0.15, 0.2) is 6.10 Å². The number of alkyl carbamates (subject to hydrolysis) is 1. The summed E-state index contributed by atoms with van der Waals surface area (Å²) in [4.78, 5) is 24.3. The van der Waals surface area contributed by atoms with Gasteiger partial charge in [-0.25, -0.2) is 14.2 Å². The van der Waals surface area contributed by atoms with Crippen molar-refractivity contribution >= 4 is 17.1 Å². The maximum atomic E-state index is 14.7. The fourth-order valence-electron chi connectivity index (χ4n) is 3.56. The molecule has 2 aromatic heterocycles. The molecule has 30 heavy (non-hydrogen) atoms. The third-order valence-corrected chi connectivity index (χ3v) is 5.01. The molecule has 0 aliphatic carbocycles.